The van der Waals surface area contributed by atoms with Crippen molar-refractivity contribution >= 4 is 35.2 Å². The Morgan fingerprint density at radius 2 is 1.68 bits per heavy atom. The molecular formula is C28H31ClN2O2S. The zero-order valence-electron chi connectivity index (χ0n) is 19.7. The summed E-state index contributed by atoms with van der Waals surface area (Å²) in [5.74, 6) is 0.779. The van der Waals surface area contributed by atoms with Crippen molar-refractivity contribution in [1.82, 2.24) is 10.2 Å². The Kier molecular flexibility index (Phi) is 10.0. The Balaban J connectivity index is 1.83. The van der Waals surface area contributed by atoms with Crippen molar-refractivity contribution in [3.8, 4) is 0 Å². The molecule has 3 rings (SSSR count). The number of aryl methyl sites for hydroxylation is 1. The molecule has 1 unspecified atom stereocenters. The molecule has 1 N–H and O–H groups in total. The lowest BCUT2D eigenvalue weighted by molar-refractivity contribution is -0.139. The van der Waals surface area contributed by atoms with E-state index in [0.29, 0.717) is 18.0 Å². The quantitative estimate of drug-likeness (QED) is 0.374. The molecule has 3 aromatic rings. The third-order valence-corrected chi connectivity index (χ3v) is 6.85. The van der Waals surface area contributed by atoms with Crippen LogP contribution in [0.25, 0.3) is 0 Å². The maximum atomic E-state index is 13.5. The van der Waals surface area contributed by atoms with Gasteiger partial charge in [0.25, 0.3) is 0 Å². The monoisotopic (exact) mass is 494 g/mol. The minimum absolute atomic E-state index is 0.0789. The highest BCUT2D eigenvalue weighted by Gasteiger charge is 2.30. The molecule has 0 aliphatic heterocycles. The summed E-state index contributed by atoms with van der Waals surface area (Å²) in [7, 11) is 0. The number of carbonyl (C=O) groups is 2. The molecule has 178 valence electrons. The molecule has 0 aromatic heterocycles. The number of nitrogens with zero attached hydrogens (tertiary/aromatic N) is 1. The van der Waals surface area contributed by atoms with E-state index in [9.17, 15) is 9.59 Å². The molecule has 0 saturated carbocycles. The van der Waals surface area contributed by atoms with Crippen LogP contribution in [0.5, 0.6) is 0 Å². The smallest absolute Gasteiger partial charge is 0.243 e. The van der Waals surface area contributed by atoms with Gasteiger partial charge in [-0.25, -0.2) is 0 Å². The molecule has 0 spiro atoms. The first-order valence-corrected chi connectivity index (χ1v) is 13.0. The minimum atomic E-state index is -0.634. The fraction of sp³-hybridized carbons (Fsp3) is 0.286. The van der Waals surface area contributed by atoms with Crippen LogP contribution in [0.1, 0.15) is 29.2 Å². The molecule has 0 heterocycles. The van der Waals surface area contributed by atoms with E-state index >= 15 is 0 Å². The maximum absolute atomic E-state index is 13.5. The average molecular weight is 495 g/mol. The first-order chi connectivity index (χ1) is 16.5. The third kappa shape index (κ3) is 7.64. The van der Waals surface area contributed by atoms with Crippen molar-refractivity contribution in [2.75, 3.05) is 12.3 Å². The van der Waals surface area contributed by atoms with Gasteiger partial charge in [0, 0.05) is 30.3 Å². The van der Waals surface area contributed by atoms with Crippen molar-refractivity contribution in [2.24, 2.45) is 0 Å². The molecule has 6 heteroatoms. The van der Waals surface area contributed by atoms with Crippen LogP contribution in [-0.4, -0.2) is 35.1 Å². The lowest BCUT2D eigenvalue weighted by atomic mass is 10.0. The highest BCUT2D eigenvalue weighted by Crippen LogP contribution is 2.22. The van der Waals surface area contributed by atoms with E-state index in [4.69, 9.17) is 11.6 Å². The van der Waals surface area contributed by atoms with Gasteiger partial charge in [0.15, 0.2) is 0 Å². The van der Waals surface area contributed by atoms with Crippen LogP contribution in [0.15, 0.2) is 78.9 Å². The standard InChI is InChI=1S/C28H31ClN2O2S/c1-3-30-28(33)26(17-22-11-5-4-6-12-22)31(18-24-14-7-8-15-25(24)29)27(32)20-34-19-23-13-9-10-21(2)16-23/h4-16,26H,3,17-20H2,1-2H3,(H,30,33). The van der Waals surface area contributed by atoms with Crippen molar-refractivity contribution in [1.29, 1.82) is 0 Å². The summed E-state index contributed by atoms with van der Waals surface area (Å²) in [6.45, 7) is 4.72. The second-order valence-corrected chi connectivity index (χ2v) is 9.59. The van der Waals surface area contributed by atoms with Crippen molar-refractivity contribution in [3.63, 3.8) is 0 Å². The molecule has 0 aliphatic rings. The number of amides is 2. The highest BCUT2D eigenvalue weighted by atomic mass is 35.5. The fourth-order valence-electron chi connectivity index (χ4n) is 3.80. The number of nitrogens with one attached hydrogen (secondary N) is 1. The van der Waals surface area contributed by atoms with Crippen LogP contribution in [-0.2, 0) is 28.3 Å². The Bertz CT molecular complexity index is 1090. The Labute approximate surface area is 211 Å². The van der Waals surface area contributed by atoms with Crippen LogP contribution in [0, 0.1) is 6.92 Å². The summed E-state index contributed by atoms with van der Waals surface area (Å²) in [6.07, 6.45) is 0.436. The summed E-state index contributed by atoms with van der Waals surface area (Å²) >= 11 is 7.99. The van der Waals surface area contributed by atoms with Gasteiger partial charge in [-0.2, -0.15) is 0 Å². The van der Waals surface area contributed by atoms with Crippen molar-refractivity contribution in [2.45, 2.75) is 38.6 Å². The largest absolute Gasteiger partial charge is 0.355 e. The van der Waals surface area contributed by atoms with Gasteiger partial charge in [0.2, 0.25) is 11.8 Å². The zero-order valence-corrected chi connectivity index (χ0v) is 21.2. The summed E-state index contributed by atoms with van der Waals surface area (Å²) in [4.78, 5) is 28.4. The predicted octanol–water partition coefficient (Wildman–Crippen LogP) is 5.66. The third-order valence-electron chi connectivity index (χ3n) is 5.50. The number of carbonyl (C=O) groups excluding carboxylic acids is 2. The van der Waals surface area contributed by atoms with E-state index in [1.54, 1.807) is 16.7 Å². The number of hydrogen-bond donors (Lipinski definition) is 1. The number of hydrogen-bond acceptors (Lipinski definition) is 3. The maximum Gasteiger partial charge on any atom is 0.243 e. The number of halogens is 1. The van der Waals surface area contributed by atoms with Crippen LogP contribution in [0.4, 0.5) is 0 Å². The Morgan fingerprint density at radius 3 is 2.38 bits per heavy atom. The first kappa shape index (κ1) is 25.9. The average Bonchev–Trinajstić information content (AvgIpc) is 2.83. The molecule has 34 heavy (non-hydrogen) atoms. The zero-order chi connectivity index (χ0) is 24.3. The predicted molar refractivity (Wildman–Crippen MR) is 142 cm³/mol. The molecule has 1 atom stereocenters. The molecule has 4 nitrogen and oxygen atoms in total. The molecule has 3 aromatic carbocycles. The Hall–Kier alpha value is -2.76. The van der Waals surface area contributed by atoms with Gasteiger partial charge in [-0.05, 0) is 36.6 Å². The fourth-order valence-corrected chi connectivity index (χ4v) is 4.85. The van der Waals surface area contributed by atoms with Crippen molar-refractivity contribution in [3.05, 3.63) is 106 Å². The normalized spacial score (nSPS) is 11.6. The van der Waals surface area contributed by atoms with Crippen LogP contribution in [0.3, 0.4) is 0 Å². The van der Waals surface area contributed by atoms with Gasteiger partial charge in [0.1, 0.15) is 6.04 Å². The second kappa shape index (κ2) is 13.2. The first-order valence-electron chi connectivity index (χ1n) is 11.5. The van der Waals surface area contributed by atoms with Crippen molar-refractivity contribution < 1.29 is 9.59 Å². The Morgan fingerprint density at radius 1 is 0.971 bits per heavy atom. The number of thioether (sulfide) groups is 1. The highest BCUT2D eigenvalue weighted by molar-refractivity contribution is 7.99. The molecule has 0 aliphatic carbocycles. The number of benzene rings is 3. The summed E-state index contributed by atoms with van der Waals surface area (Å²) in [5.41, 5.74) is 4.20. The van der Waals surface area contributed by atoms with Gasteiger partial charge < -0.3 is 10.2 Å². The van der Waals surface area contributed by atoms with Gasteiger partial charge in [-0.15, -0.1) is 11.8 Å². The van der Waals surface area contributed by atoms with E-state index < -0.39 is 6.04 Å². The van der Waals surface area contributed by atoms with Crippen LogP contribution < -0.4 is 5.32 Å². The summed E-state index contributed by atoms with van der Waals surface area (Å²) < 4.78 is 0. The second-order valence-electron chi connectivity index (χ2n) is 8.20. The van der Waals surface area contributed by atoms with E-state index in [2.05, 4.69) is 30.4 Å². The van der Waals surface area contributed by atoms with E-state index in [0.717, 1.165) is 16.9 Å². The molecule has 0 radical (unpaired) electrons. The molecular weight excluding hydrogens is 464 g/mol. The SMILES string of the molecule is CCNC(=O)C(Cc1ccccc1)N(Cc1ccccc1Cl)C(=O)CSCc1cccc(C)c1. The van der Waals surface area contributed by atoms with Gasteiger partial charge in [-0.1, -0.05) is 90.0 Å². The van der Waals surface area contributed by atoms with E-state index in [-0.39, 0.29) is 24.1 Å². The van der Waals surface area contributed by atoms with E-state index in [1.165, 1.54) is 11.1 Å². The van der Waals surface area contributed by atoms with Crippen LogP contribution in [0.2, 0.25) is 5.02 Å². The summed E-state index contributed by atoms with van der Waals surface area (Å²) in [6, 6.07) is 24.9. The van der Waals surface area contributed by atoms with Gasteiger partial charge in [-0.3, -0.25) is 9.59 Å². The lowest BCUT2D eigenvalue weighted by Crippen LogP contribution is -2.51. The molecule has 0 saturated heterocycles. The summed E-state index contributed by atoms with van der Waals surface area (Å²) in [5, 5.41) is 3.50. The van der Waals surface area contributed by atoms with E-state index in [1.807, 2.05) is 67.6 Å². The molecule has 2 amide bonds. The van der Waals surface area contributed by atoms with Gasteiger partial charge in [0.05, 0.1) is 5.75 Å². The molecule has 0 bridgehead atoms. The van der Waals surface area contributed by atoms with Crippen LogP contribution >= 0.6 is 23.4 Å². The minimum Gasteiger partial charge on any atom is -0.355 e. The number of rotatable bonds is 11. The number of likely N-dealkylation sites (N-methyl/N-ethyl adjacent to an activating group) is 1. The van der Waals surface area contributed by atoms with Gasteiger partial charge >= 0.3 is 0 Å². The topological polar surface area (TPSA) is 49.4 Å². The lowest BCUT2D eigenvalue weighted by Gasteiger charge is -2.31. The molecule has 0 fully saturated rings.